The monoisotopic (exact) mass is 317 g/mol. The normalized spacial score (nSPS) is 24.8. The molecule has 124 valence electrons. The number of nitrogens with one attached hydrogen (secondary N) is 1. The van der Waals surface area contributed by atoms with E-state index < -0.39 is 0 Å². The van der Waals surface area contributed by atoms with Crippen LogP contribution in [-0.4, -0.2) is 49.4 Å². The van der Waals surface area contributed by atoms with E-state index >= 15 is 0 Å². The molecule has 23 heavy (non-hydrogen) atoms. The minimum absolute atomic E-state index is 0.00644. The van der Waals surface area contributed by atoms with Crippen molar-refractivity contribution in [2.45, 2.75) is 44.9 Å². The maximum absolute atomic E-state index is 11.7. The van der Waals surface area contributed by atoms with Crippen molar-refractivity contribution in [1.29, 1.82) is 0 Å². The number of piperidine rings is 1. The molecule has 3 aliphatic heterocycles. The van der Waals surface area contributed by atoms with Gasteiger partial charge in [-0.25, -0.2) is 4.98 Å². The van der Waals surface area contributed by atoms with Crippen LogP contribution in [0.3, 0.4) is 0 Å². The SMILES string of the molecule is Cc1cc2c(nc1N1CCC(OC3CCOC3)CC1)CNC2=O. The highest BCUT2D eigenvalue weighted by Gasteiger charge is 2.28. The Kier molecular flexibility index (Phi) is 3.95. The molecular weight excluding hydrogens is 294 g/mol. The highest BCUT2D eigenvalue weighted by atomic mass is 16.5. The first kappa shape index (κ1) is 14.9. The van der Waals surface area contributed by atoms with E-state index in [1.165, 1.54) is 0 Å². The van der Waals surface area contributed by atoms with Crippen molar-refractivity contribution in [1.82, 2.24) is 10.3 Å². The van der Waals surface area contributed by atoms with Crippen LogP contribution >= 0.6 is 0 Å². The molecule has 1 unspecified atom stereocenters. The number of anilines is 1. The van der Waals surface area contributed by atoms with E-state index in [0.29, 0.717) is 12.6 Å². The Morgan fingerprint density at radius 2 is 2.13 bits per heavy atom. The lowest BCUT2D eigenvalue weighted by atomic mass is 10.1. The summed E-state index contributed by atoms with van der Waals surface area (Å²) in [6.07, 6.45) is 3.67. The summed E-state index contributed by atoms with van der Waals surface area (Å²) < 4.78 is 11.5. The Hall–Kier alpha value is -1.66. The summed E-state index contributed by atoms with van der Waals surface area (Å²) in [5.74, 6) is 1.01. The fraction of sp³-hybridized carbons (Fsp3) is 0.647. The van der Waals surface area contributed by atoms with Crippen molar-refractivity contribution in [3.8, 4) is 0 Å². The molecule has 1 amide bonds. The van der Waals surface area contributed by atoms with Gasteiger partial charge in [-0.15, -0.1) is 0 Å². The van der Waals surface area contributed by atoms with Gasteiger partial charge in [-0.05, 0) is 37.8 Å². The number of hydrogen-bond donors (Lipinski definition) is 1. The van der Waals surface area contributed by atoms with Gasteiger partial charge < -0.3 is 19.7 Å². The van der Waals surface area contributed by atoms with Crippen molar-refractivity contribution >= 4 is 11.7 Å². The number of aryl methyl sites for hydroxylation is 1. The minimum atomic E-state index is -0.00644. The summed E-state index contributed by atoms with van der Waals surface area (Å²) in [6.45, 7) is 6.05. The third kappa shape index (κ3) is 2.93. The predicted octanol–water partition coefficient (Wildman–Crippen LogP) is 1.41. The van der Waals surface area contributed by atoms with E-state index in [2.05, 4.69) is 10.2 Å². The number of aromatic nitrogens is 1. The van der Waals surface area contributed by atoms with Crippen LogP contribution in [0.25, 0.3) is 0 Å². The number of fused-ring (bicyclic) bond motifs is 1. The molecule has 1 atom stereocenters. The zero-order chi connectivity index (χ0) is 15.8. The molecule has 3 aliphatic rings. The maximum Gasteiger partial charge on any atom is 0.253 e. The molecule has 0 radical (unpaired) electrons. The summed E-state index contributed by atoms with van der Waals surface area (Å²) in [7, 11) is 0. The van der Waals surface area contributed by atoms with Gasteiger partial charge in [0, 0.05) is 19.7 Å². The van der Waals surface area contributed by atoms with Gasteiger partial charge >= 0.3 is 0 Å². The molecule has 1 aromatic heterocycles. The van der Waals surface area contributed by atoms with Crippen LogP contribution in [0.2, 0.25) is 0 Å². The number of rotatable bonds is 3. The van der Waals surface area contributed by atoms with Gasteiger partial charge in [-0.2, -0.15) is 0 Å². The van der Waals surface area contributed by atoms with Gasteiger partial charge in [0.05, 0.1) is 36.6 Å². The van der Waals surface area contributed by atoms with Crippen LogP contribution in [0.1, 0.15) is 40.9 Å². The van der Waals surface area contributed by atoms with Gasteiger partial charge in [0.25, 0.3) is 5.91 Å². The van der Waals surface area contributed by atoms with Gasteiger partial charge in [-0.3, -0.25) is 4.79 Å². The van der Waals surface area contributed by atoms with E-state index in [1.807, 2.05) is 13.0 Å². The van der Waals surface area contributed by atoms with Crippen LogP contribution < -0.4 is 10.2 Å². The van der Waals surface area contributed by atoms with Gasteiger partial charge in [-0.1, -0.05) is 0 Å². The Morgan fingerprint density at radius 3 is 2.87 bits per heavy atom. The molecule has 1 aromatic rings. The lowest BCUT2D eigenvalue weighted by Gasteiger charge is -2.34. The fourth-order valence-electron chi connectivity index (χ4n) is 3.65. The number of nitrogens with zero attached hydrogens (tertiary/aromatic N) is 2. The first-order chi connectivity index (χ1) is 11.2. The van der Waals surface area contributed by atoms with E-state index in [9.17, 15) is 4.79 Å². The van der Waals surface area contributed by atoms with E-state index in [-0.39, 0.29) is 12.0 Å². The number of ether oxygens (including phenoxy) is 2. The van der Waals surface area contributed by atoms with Gasteiger partial charge in [0.1, 0.15) is 5.82 Å². The van der Waals surface area contributed by atoms with Gasteiger partial charge in [0.15, 0.2) is 0 Å². The summed E-state index contributed by atoms with van der Waals surface area (Å²) >= 11 is 0. The highest BCUT2D eigenvalue weighted by molar-refractivity contribution is 5.98. The molecule has 4 heterocycles. The van der Waals surface area contributed by atoms with E-state index in [4.69, 9.17) is 14.5 Å². The molecule has 6 nitrogen and oxygen atoms in total. The Bertz CT molecular complexity index is 605. The summed E-state index contributed by atoms with van der Waals surface area (Å²) in [6, 6.07) is 1.97. The van der Waals surface area contributed by atoms with Crippen molar-refractivity contribution < 1.29 is 14.3 Å². The van der Waals surface area contributed by atoms with Crippen molar-refractivity contribution in [3.05, 3.63) is 22.9 Å². The lowest BCUT2D eigenvalue weighted by Crippen LogP contribution is -2.39. The zero-order valence-electron chi connectivity index (χ0n) is 13.5. The second-order valence-electron chi connectivity index (χ2n) is 6.61. The number of pyridine rings is 1. The number of carbonyl (C=O) groups excluding carboxylic acids is 1. The average Bonchev–Trinajstić information content (AvgIpc) is 3.18. The third-order valence-corrected chi connectivity index (χ3v) is 4.94. The van der Waals surface area contributed by atoms with Crippen LogP contribution in [-0.2, 0) is 16.0 Å². The Morgan fingerprint density at radius 1 is 1.30 bits per heavy atom. The molecule has 2 fully saturated rings. The molecule has 2 saturated heterocycles. The van der Waals surface area contributed by atoms with Crippen molar-refractivity contribution in [2.75, 3.05) is 31.2 Å². The lowest BCUT2D eigenvalue weighted by molar-refractivity contribution is -0.0261. The molecule has 0 aromatic carbocycles. The Balaban J connectivity index is 1.41. The molecule has 0 aliphatic carbocycles. The topological polar surface area (TPSA) is 63.7 Å². The molecule has 1 N–H and O–H groups in total. The van der Waals surface area contributed by atoms with Crippen LogP contribution in [0.4, 0.5) is 5.82 Å². The number of carbonyl (C=O) groups is 1. The standard InChI is InChI=1S/C17H23N3O3/c1-11-8-14-15(9-18-17(14)21)19-16(11)20-5-2-12(3-6-20)23-13-4-7-22-10-13/h8,12-13H,2-7,9-10H2,1H3,(H,18,21). The molecular formula is C17H23N3O3. The predicted molar refractivity (Wildman–Crippen MR) is 85.7 cm³/mol. The average molecular weight is 317 g/mol. The molecule has 4 rings (SSSR count). The summed E-state index contributed by atoms with van der Waals surface area (Å²) in [5.41, 5.74) is 2.67. The smallest absolute Gasteiger partial charge is 0.253 e. The Labute approximate surface area is 136 Å². The number of amides is 1. The van der Waals surface area contributed by atoms with Crippen LogP contribution in [0.15, 0.2) is 6.07 Å². The van der Waals surface area contributed by atoms with Crippen molar-refractivity contribution in [2.24, 2.45) is 0 Å². The number of hydrogen-bond acceptors (Lipinski definition) is 5. The van der Waals surface area contributed by atoms with E-state index in [1.54, 1.807) is 0 Å². The summed E-state index contributed by atoms with van der Waals surface area (Å²) in [4.78, 5) is 18.8. The van der Waals surface area contributed by atoms with Crippen molar-refractivity contribution in [3.63, 3.8) is 0 Å². The fourth-order valence-corrected chi connectivity index (χ4v) is 3.65. The molecule has 0 spiro atoms. The second kappa shape index (κ2) is 6.09. The van der Waals surface area contributed by atoms with Gasteiger partial charge in [0.2, 0.25) is 0 Å². The molecule has 6 heteroatoms. The molecule has 0 saturated carbocycles. The van der Waals surface area contributed by atoms with E-state index in [0.717, 1.165) is 68.2 Å². The largest absolute Gasteiger partial charge is 0.379 e. The molecule has 0 bridgehead atoms. The quantitative estimate of drug-likeness (QED) is 0.913. The minimum Gasteiger partial charge on any atom is -0.379 e. The summed E-state index contributed by atoms with van der Waals surface area (Å²) in [5, 5.41) is 2.84. The first-order valence-corrected chi connectivity index (χ1v) is 8.47. The zero-order valence-corrected chi connectivity index (χ0v) is 13.5. The third-order valence-electron chi connectivity index (χ3n) is 4.94. The van der Waals surface area contributed by atoms with Crippen LogP contribution in [0, 0.1) is 6.92 Å². The highest BCUT2D eigenvalue weighted by Crippen LogP contribution is 2.27. The second-order valence-corrected chi connectivity index (χ2v) is 6.61. The van der Waals surface area contributed by atoms with Crippen LogP contribution in [0.5, 0.6) is 0 Å². The maximum atomic E-state index is 11.7. The first-order valence-electron chi connectivity index (χ1n) is 8.47.